The number of thiocarbonyl (C=S) groups is 1. The Hall–Kier alpha value is -1.66. The van der Waals surface area contributed by atoms with Crippen molar-refractivity contribution in [3.63, 3.8) is 0 Å². The number of carbonyl (C=O) groups is 1. The third kappa shape index (κ3) is 4.42. The fourth-order valence-electron chi connectivity index (χ4n) is 2.54. The highest BCUT2D eigenvalue weighted by molar-refractivity contribution is 7.80. The summed E-state index contributed by atoms with van der Waals surface area (Å²) in [5, 5.41) is 6.78. The zero-order chi connectivity index (χ0) is 15.9. The van der Waals surface area contributed by atoms with Gasteiger partial charge in [-0.15, -0.1) is 0 Å². The Kier molecular flexibility index (Phi) is 6.15. The number of nitrogens with zero attached hydrogens (tertiary/aromatic N) is 2. The number of piperazine rings is 1. The number of aryl methyl sites for hydroxylation is 1. The van der Waals surface area contributed by atoms with E-state index in [2.05, 4.69) is 39.5 Å². The summed E-state index contributed by atoms with van der Waals surface area (Å²) in [4.78, 5) is 15.7. The van der Waals surface area contributed by atoms with Gasteiger partial charge < -0.3 is 15.5 Å². The Morgan fingerprint density at radius 2 is 1.91 bits per heavy atom. The van der Waals surface area contributed by atoms with Crippen LogP contribution in [0.5, 0.6) is 0 Å². The molecule has 0 unspecified atom stereocenters. The molecule has 2 rings (SSSR count). The summed E-state index contributed by atoms with van der Waals surface area (Å²) in [7, 11) is 1.67. The van der Waals surface area contributed by atoms with Gasteiger partial charge in [0.05, 0.1) is 6.54 Å². The van der Waals surface area contributed by atoms with Crippen molar-refractivity contribution in [1.82, 2.24) is 15.1 Å². The fourth-order valence-corrected chi connectivity index (χ4v) is 2.83. The third-order valence-corrected chi connectivity index (χ3v) is 4.31. The van der Waals surface area contributed by atoms with E-state index in [1.807, 2.05) is 12.1 Å². The monoisotopic (exact) mass is 320 g/mol. The van der Waals surface area contributed by atoms with Gasteiger partial charge in [0.2, 0.25) is 5.91 Å². The van der Waals surface area contributed by atoms with Crippen LogP contribution >= 0.6 is 12.2 Å². The number of hydrogen-bond acceptors (Lipinski definition) is 3. The Balaban J connectivity index is 1.86. The summed E-state index contributed by atoms with van der Waals surface area (Å²) >= 11 is 5.53. The second-order valence-electron chi connectivity index (χ2n) is 5.38. The van der Waals surface area contributed by atoms with Gasteiger partial charge in [0.25, 0.3) is 0 Å². The number of likely N-dealkylation sites (N-methyl/N-ethyl adjacent to an activating group) is 1. The average molecular weight is 320 g/mol. The number of benzene rings is 1. The molecule has 0 aliphatic carbocycles. The van der Waals surface area contributed by atoms with Crippen molar-refractivity contribution in [3.05, 3.63) is 29.8 Å². The maximum atomic E-state index is 11.4. The minimum absolute atomic E-state index is 0.0611. The number of para-hydroxylation sites is 1. The largest absolute Gasteiger partial charge is 0.358 e. The van der Waals surface area contributed by atoms with E-state index < -0.39 is 0 Å². The van der Waals surface area contributed by atoms with E-state index in [1.54, 1.807) is 7.05 Å². The summed E-state index contributed by atoms with van der Waals surface area (Å²) in [6.07, 6.45) is 0.978. The molecule has 2 N–H and O–H groups in total. The van der Waals surface area contributed by atoms with Crippen molar-refractivity contribution >= 4 is 28.9 Å². The van der Waals surface area contributed by atoms with Crippen LogP contribution in [-0.2, 0) is 11.2 Å². The fraction of sp³-hybridized carbons (Fsp3) is 0.500. The summed E-state index contributed by atoms with van der Waals surface area (Å²) < 4.78 is 0. The van der Waals surface area contributed by atoms with E-state index >= 15 is 0 Å². The molecule has 0 saturated carbocycles. The number of nitrogens with one attached hydrogen (secondary N) is 2. The van der Waals surface area contributed by atoms with Crippen molar-refractivity contribution in [2.45, 2.75) is 13.3 Å². The van der Waals surface area contributed by atoms with Crippen LogP contribution in [0.1, 0.15) is 12.5 Å². The van der Waals surface area contributed by atoms with E-state index in [-0.39, 0.29) is 5.91 Å². The molecule has 1 aliphatic heterocycles. The van der Waals surface area contributed by atoms with Crippen LogP contribution in [0, 0.1) is 0 Å². The molecule has 0 bridgehead atoms. The molecule has 5 nitrogen and oxygen atoms in total. The molecule has 1 fully saturated rings. The Bertz CT molecular complexity index is 527. The second kappa shape index (κ2) is 8.10. The van der Waals surface area contributed by atoms with Gasteiger partial charge in [-0.05, 0) is 30.3 Å². The summed E-state index contributed by atoms with van der Waals surface area (Å²) in [6, 6.07) is 8.25. The minimum Gasteiger partial charge on any atom is -0.358 e. The predicted molar refractivity (Wildman–Crippen MR) is 94.1 cm³/mol. The van der Waals surface area contributed by atoms with Crippen molar-refractivity contribution < 1.29 is 4.79 Å². The Labute approximate surface area is 137 Å². The number of anilines is 1. The second-order valence-corrected chi connectivity index (χ2v) is 5.76. The maximum Gasteiger partial charge on any atom is 0.233 e. The Morgan fingerprint density at radius 1 is 1.23 bits per heavy atom. The zero-order valence-corrected chi connectivity index (χ0v) is 14.1. The lowest BCUT2D eigenvalue weighted by Crippen LogP contribution is -2.51. The number of carbonyl (C=O) groups excluding carboxylic acids is 1. The molecule has 1 amide bonds. The molecule has 1 aromatic carbocycles. The molecular weight excluding hydrogens is 296 g/mol. The number of rotatable bonds is 4. The molecule has 120 valence electrons. The molecule has 22 heavy (non-hydrogen) atoms. The topological polar surface area (TPSA) is 47.6 Å². The highest BCUT2D eigenvalue weighted by Gasteiger charge is 2.20. The van der Waals surface area contributed by atoms with Crippen LogP contribution in [0.2, 0.25) is 0 Å². The zero-order valence-electron chi connectivity index (χ0n) is 13.3. The van der Waals surface area contributed by atoms with E-state index in [1.165, 1.54) is 5.56 Å². The van der Waals surface area contributed by atoms with Crippen molar-refractivity contribution in [3.8, 4) is 0 Å². The molecule has 1 saturated heterocycles. The lowest BCUT2D eigenvalue weighted by Gasteiger charge is -2.35. The Morgan fingerprint density at radius 3 is 2.55 bits per heavy atom. The van der Waals surface area contributed by atoms with Gasteiger partial charge in [-0.1, -0.05) is 25.1 Å². The van der Waals surface area contributed by atoms with E-state index in [0.29, 0.717) is 6.54 Å². The standard InChI is InChI=1S/C16H24N4OS/c1-3-13-6-4-5-7-14(13)18-16(22)20-10-8-19(9-11-20)12-15(21)17-2/h4-7H,3,8-12H2,1-2H3,(H,17,21)(H,18,22). The number of hydrogen-bond donors (Lipinski definition) is 2. The van der Waals surface area contributed by atoms with Gasteiger partial charge >= 0.3 is 0 Å². The van der Waals surface area contributed by atoms with Gasteiger partial charge in [0.15, 0.2) is 5.11 Å². The van der Waals surface area contributed by atoms with Crippen LogP contribution in [-0.4, -0.2) is 60.6 Å². The molecular formula is C16H24N4OS. The first-order chi connectivity index (χ1) is 10.6. The van der Waals surface area contributed by atoms with Gasteiger partial charge in [-0.25, -0.2) is 0 Å². The van der Waals surface area contributed by atoms with Gasteiger partial charge in [-0.2, -0.15) is 0 Å². The quantitative estimate of drug-likeness (QED) is 0.819. The molecule has 6 heteroatoms. The van der Waals surface area contributed by atoms with Gasteiger partial charge in [0, 0.05) is 38.9 Å². The van der Waals surface area contributed by atoms with Crippen LogP contribution < -0.4 is 10.6 Å². The first kappa shape index (κ1) is 16.7. The van der Waals surface area contributed by atoms with Crippen LogP contribution in [0.25, 0.3) is 0 Å². The molecule has 0 spiro atoms. The van der Waals surface area contributed by atoms with Crippen molar-refractivity contribution in [1.29, 1.82) is 0 Å². The lowest BCUT2D eigenvalue weighted by atomic mass is 10.1. The highest BCUT2D eigenvalue weighted by atomic mass is 32.1. The molecule has 0 aromatic heterocycles. The predicted octanol–water partition coefficient (Wildman–Crippen LogP) is 1.31. The SMILES string of the molecule is CCc1ccccc1NC(=S)N1CCN(CC(=O)NC)CC1. The summed E-state index contributed by atoms with van der Waals surface area (Å²) in [5.41, 5.74) is 2.35. The maximum absolute atomic E-state index is 11.4. The highest BCUT2D eigenvalue weighted by Crippen LogP contribution is 2.16. The van der Waals surface area contributed by atoms with Crippen LogP contribution in [0.3, 0.4) is 0 Å². The summed E-state index contributed by atoms with van der Waals surface area (Å²) in [5.74, 6) is 0.0611. The van der Waals surface area contributed by atoms with Gasteiger partial charge in [-0.3, -0.25) is 9.69 Å². The van der Waals surface area contributed by atoms with Crippen LogP contribution in [0.15, 0.2) is 24.3 Å². The third-order valence-electron chi connectivity index (χ3n) is 3.95. The van der Waals surface area contributed by atoms with Gasteiger partial charge in [0.1, 0.15) is 0 Å². The molecule has 0 atom stereocenters. The number of amides is 1. The molecule has 1 aliphatic rings. The molecule has 0 radical (unpaired) electrons. The van der Waals surface area contributed by atoms with E-state index in [9.17, 15) is 4.79 Å². The van der Waals surface area contributed by atoms with Crippen LogP contribution in [0.4, 0.5) is 5.69 Å². The average Bonchev–Trinajstić information content (AvgIpc) is 2.55. The van der Waals surface area contributed by atoms with E-state index in [4.69, 9.17) is 12.2 Å². The minimum atomic E-state index is 0.0611. The normalized spacial score (nSPS) is 15.5. The van der Waals surface area contributed by atoms with Crippen molar-refractivity contribution in [2.24, 2.45) is 0 Å². The van der Waals surface area contributed by atoms with Crippen molar-refractivity contribution in [2.75, 3.05) is 45.1 Å². The smallest absolute Gasteiger partial charge is 0.233 e. The van der Waals surface area contributed by atoms with E-state index in [0.717, 1.165) is 43.4 Å². The first-order valence-electron chi connectivity index (χ1n) is 7.70. The molecule has 1 aromatic rings. The lowest BCUT2D eigenvalue weighted by molar-refractivity contribution is -0.122. The molecule has 1 heterocycles. The summed E-state index contributed by atoms with van der Waals surface area (Å²) in [6.45, 7) is 5.99. The first-order valence-corrected chi connectivity index (χ1v) is 8.11.